The van der Waals surface area contributed by atoms with Gasteiger partial charge in [-0.15, -0.1) is 0 Å². The minimum Gasteiger partial charge on any atom is -0.379 e. The Balaban J connectivity index is 1.12. The Bertz CT molecular complexity index is 1320. The van der Waals surface area contributed by atoms with Crippen LogP contribution in [0.15, 0.2) is 42.9 Å². The molecule has 0 N–H and O–H groups in total. The molecule has 6 rings (SSSR count). The lowest BCUT2D eigenvalue weighted by atomic mass is 9.90. The van der Waals surface area contributed by atoms with Gasteiger partial charge in [-0.25, -0.2) is 4.68 Å². The maximum Gasteiger partial charge on any atom is 0.170 e. The molecule has 0 bridgehead atoms. The number of rotatable bonds is 7. The molecular weight excluding hydrogens is 462 g/mol. The third kappa shape index (κ3) is 5.15. The van der Waals surface area contributed by atoms with Gasteiger partial charge < -0.3 is 4.74 Å². The van der Waals surface area contributed by atoms with E-state index in [0.29, 0.717) is 23.9 Å². The van der Waals surface area contributed by atoms with Crippen molar-refractivity contribution < 1.29 is 9.53 Å². The Morgan fingerprint density at radius 2 is 1.89 bits per heavy atom. The normalized spacial score (nSPS) is 20.6. The van der Waals surface area contributed by atoms with Crippen LogP contribution in [0.5, 0.6) is 0 Å². The average molecular weight is 498 g/mol. The SMILES string of the molecule is Cc1cc(CC(=O)c2cnn(-c3ccc(C4CC4)nc3)c2C)cnc1C1=CCC(N2CCOCC2)CC1. The summed E-state index contributed by atoms with van der Waals surface area (Å²) in [5.41, 5.74) is 8.01. The molecule has 3 aromatic rings. The number of hydrogen-bond donors (Lipinski definition) is 0. The number of carbonyl (C=O) groups excluding carboxylic acids is 1. The maximum absolute atomic E-state index is 13.2. The molecular formula is C30H35N5O2. The fourth-order valence-electron chi connectivity index (χ4n) is 5.74. The summed E-state index contributed by atoms with van der Waals surface area (Å²) in [4.78, 5) is 25.2. The van der Waals surface area contributed by atoms with Gasteiger partial charge in [-0.2, -0.15) is 5.10 Å². The average Bonchev–Trinajstić information content (AvgIpc) is 3.71. The Kier molecular flexibility index (Phi) is 6.74. The highest BCUT2D eigenvalue weighted by Crippen LogP contribution is 2.39. The molecule has 1 saturated carbocycles. The van der Waals surface area contributed by atoms with Crippen LogP contribution in [0.3, 0.4) is 0 Å². The number of aromatic nitrogens is 4. The summed E-state index contributed by atoms with van der Waals surface area (Å²) in [5, 5.41) is 4.49. The predicted molar refractivity (Wildman–Crippen MR) is 143 cm³/mol. The monoisotopic (exact) mass is 497 g/mol. The summed E-state index contributed by atoms with van der Waals surface area (Å²) in [5.74, 6) is 0.681. The summed E-state index contributed by atoms with van der Waals surface area (Å²) >= 11 is 0. The van der Waals surface area contributed by atoms with Crippen LogP contribution in [-0.4, -0.2) is 62.8 Å². The zero-order valence-electron chi connectivity index (χ0n) is 21.8. The molecule has 4 heterocycles. The van der Waals surface area contributed by atoms with Crippen LogP contribution in [0, 0.1) is 13.8 Å². The summed E-state index contributed by atoms with van der Waals surface area (Å²) < 4.78 is 7.31. The number of ether oxygens (including phenoxy) is 1. The lowest BCUT2D eigenvalue weighted by Crippen LogP contribution is -2.43. The van der Waals surface area contributed by atoms with E-state index in [-0.39, 0.29) is 5.78 Å². The second-order valence-corrected chi connectivity index (χ2v) is 10.7. The van der Waals surface area contributed by atoms with Gasteiger partial charge in [0.25, 0.3) is 0 Å². The van der Waals surface area contributed by atoms with Crippen molar-refractivity contribution in [1.29, 1.82) is 0 Å². The van der Waals surface area contributed by atoms with Crippen molar-refractivity contribution in [3.63, 3.8) is 0 Å². The number of carbonyl (C=O) groups is 1. The van der Waals surface area contributed by atoms with Crippen molar-refractivity contribution in [3.8, 4) is 5.69 Å². The zero-order chi connectivity index (χ0) is 25.4. The largest absolute Gasteiger partial charge is 0.379 e. The van der Waals surface area contributed by atoms with Crippen LogP contribution in [0.1, 0.15) is 76.6 Å². The van der Waals surface area contributed by atoms with Crippen molar-refractivity contribution in [2.75, 3.05) is 26.3 Å². The fraction of sp³-hybridized carbons (Fsp3) is 0.467. The highest BCUT2D eigenvalue weighted by molar-refractivity contribution is 5.98. The first kappa shape index (κ1) is 24.2. The lowest BCUT2D eigenvalue weighted by molar-refractivity contribution is 0.0150. The first-order valence-corrected chi connectivity index (χ1v) is 13.6. The van der Waals surface area contributed by atoms with Crippen LogP contribution in [0.2, 0.25) is 0 Å². The Hall–Kier alpha value is -3.16. The van der Waals surface area contributed by atoms with Gasteiger partial charge in [-0.3, -0.25) is 19.7 Å². The van der Waals surface area contributed by atoms with Gasteiger partial charge in [0.1, 0.15) is 0 Å². The van der Waals surface area contributed by atoms with E-state index < -0.39 is 0 Å². The lowest BCUT2D eigenvalue weighted by Gasteiger charge is -2.36. The molecule has 2 fully saturated rings. The molecule has 3 aromatic heterocycles. The summed E-state index contributed by atoms with van der Waals surface area (Å²) in [6, 6.07) is 6.86. The van der Waals surface area contributed by atoms with E-state index in [1.807, 2.05) is 30.1 Å². The van der Waals surface area contributed by atoms with E-state index in [4.69, 9.17) is 9.72 Å². The Morgan fingerprint density at radius 3 is 2.57 bits per heavy atom. The molecule has 0 amide bonds. The van der Waals surface area contributed by atoms with Gasteiger partial charge in [-0.1, -0.05) is 12.1 Å². The molecule has 0 aromatic carbocycles. The van der Waals surface area contributed by atoms with Crippen LogP contribution in [-0.2, 0) is 11.2 Å². The molecule has 7 heteroatoms. The summed E-state index contributed by atoms with van der Waals surface area (Å²) in [6.07, 6.45) is 13.8. The summed E-state index contributed by atoms with van der Waals surface area (Å²) in [7, 11) is 0. The number of aryl methyl sites for hydroxylation is 1. The number of hydrogen-bond acceptors (Lipinski definition) is 6. The van der Waals surface area contributed by atoms with E-state index in [0.717, 1.165) is 79.5 Å². The van der Waals surface area contributed by atoms with Crippen LogP contribution in [0.4, 0.5) is 0 Å². The number of allylic oxidation sites excluding steroid dienone is 1. The van der Waals surface area contributed by atoms with E-state index >= 15 is 0 Å². The van der Waals surface area contributed by atoms with Gasteiger partial charge in [0.2, 0.25) is 0 Å². The van der Waals surface area contributed by atoms with Gasteiger partial charge in [0.05, 0.1) is 48.2 Å². The van der Waals surface area contributed by atoms with Crippen molar-refractivity contribution >= 4 is 11.4 Å². The molecule has 3 aliphatic rings. The second-order valence-electron chi connectivity index (χ2n) is 10.7. The minimum absolute atomic E-state index is 0.0606. The highest BCUT2D eigenvalue weighted by Gasteiger charge is 2.26. The standard InChI is InChI=1S/C30H35N5O2/c1-20-15-22(17-32-30(20)24-5-7-25(8-6-24)34-11-13-37-14-12-34)16-29(36)27-19-33-35(21(27)2)26-9-10-28(31-18-26)23-3-4-23/h5,9-10,15,17-19,23,25H,3-4,6-8,11-14,16H2,1-2H3. The van der Waals surface area contributed by atoms with E-state index in [1.165, 1.54) is 18.4 Å². The molecule has 7 nitrogen and oxygen atoms in total. The topological polar surface area (TPSA) is 73.1 Å². The molecule has 2 aliphatic carbocycles. The zero-order valence-corrected chi connectivity index (χ0v) is 21.8. The van der Waals surface area contributed by atoms with E-state index in [1.54, 1.807) is 6.20 Å². The number of morpholine rings is 1. The van der Waals surface area contributed by atoms with Crippen molar-refractivity contribution in [3.05, 3.63) is 76.6 Å². The Morgan fingerprint density at radius 1 is 1.05 bits per heavy atom. The second kappa shape index (κ2) is 10.3. The summed E-state index contributed by atoms with van der Waals surface area (Å²) in [6.45, 7) is 7.82. The number of nitrogens with zero attached hydrogens (tertiary/aromatic N) is 5. The van der Waals surface area contributed by atoms with Crippen molar-refractivity contribution in [2.24, 2.45) is 0 Å². The fourth-order valence-corrected chi connectivity index (χ4v) is 5.74. The molecule has 1 saturated heterocycles. The molecule has 1 aliphatic heterocycles. The molecule has 37 heavy (non-hydrogen) atoms. The van der Waals surface area contributed by atoms with Crippen molar-refractivity contribution in [1.82, 2.24) is 24.6 Å². The molecule has 1 atom stereocenters. The molecule has 0 radical (unpaired) electrons. The van der Waals surface area contributed by atoms with Crippen LogP contribution in [0.25, 0.3) is 11.3 Å². The molecule has 0 spiro atoms. The van der Waals surface area contributed by atoms with Crippen molar-refractivity contribution in [2.45, 2.75) is 64.3 Å². The predicted octanol–water partition coefficient (Wildman–Crippen LogP) is 4.85. The van der Waals surface area contributed by atoms with Gasteiger partial charge in [0, 0.05) is 43.4 Å². The minimum atomic E-state index is 0.0606. The third-order valence-corrected chi connectivity index (χ3v) is 8.07. The quantitative estimate of drug-likeness (QED) is 0.435. The van der Waals surface area contributed by atoms with E-state index in [9.17, 15) is 4.79 Å². The Labute approximate surface area is 218 Å². The van der Waals surface area contributed by atoms with Gasteiger partial charge >= 0.3 is 0 Å². The number of ketones is 1. The first-order valence-electron chi connectivity index (χ1n) is 13.6. The van der Waals surface area contributed by atoms with E-state index in [2.05, 4.69) is 40.1 Å². The van der Waals surface area contributed by atoms with Gasteiger partial charge in [0.15, 0.2) is 5.78 Å². The first-order chi connectivity index (χ1) is 18.1. The van der Waals surface area contributed by atoms with Gasteiger partial charge in [-0.05, 0) is 74.8 Å². The highest BCUT2D eigenvalue weighted by atomic mass is 16.5. The molecule has 192 valence electrons. The van der Waals surface area contributed by atoms with Crippen LogP contribution >= 0.6 is 0 Å². The number of pyridine rings is 2. The smallest absolute Gasteiger partial charge is 0.170 e. The molecule has 1 unspecified atom stereocenters. The van der Waals surface area contributed by atoms with Crippen LogP contribution < -0.4 is 0 Å². The number of Topliss-reactive ketones (excluding diaryl/α,β-unsaturated/α-hetero) is 1. The third-order valence-electron chi connectivity index (χ3n) is 8.07. The maximum atomic E-state index is 13.2.